The van der Waals surface area contributed by atoms with Crippen LogP contribution in [0.5, 0.6) is 5.75 Å². The normalized spacial score (nSPS) is 13.0. The summed E-state index contributed by atoms with van der Waals surface area (Å²) >= 11 is 0. The molecular weight excluding hydrogens is 284 g/mol. The molecule has 0 heterocycles. The quantitative estimate of drug-likeness (QED) is 0.642. The number of esters is 1. The van der Waals surface area contributed by atoms with Crippen LogP contribution in [0.15, 0.2) is 24.3 Å². The Bertz CT molecular complexity index is 464. The first-order chi connectivity index (χ1) is 10.3. The Morgan fingerprint density at radius 2 is 1.73 bits per heavy atom. The lowest BCUT2D eigenvalue weighted by Gasteiger charge is -2.21. The fraction of sp³-hybridized carbons (Fsp3) is 0.562. The largest absolute Gasteiger partial charge is 0.490 e. The summed E-state index contributed by atoms with van der Waals surface area (Å²) in [7, 11) is 0. The first kappa shape index (κ1) is 18.4. The van der Waals surface area contributed by atoms with Gasteiger partial charge in [0.2, 0.25) is 0 Å². The van der Waals surface area contributed by atoms with Crippen LogP contribution in [0.2, 0.25) is 0 Å². The lowest BCUT2D eigenvalue weighted by Crippen LogP contribution is -2.35. The molecule has 0 aliphatic heterocycles. The summed E-state index contributed by atoms with van der Waals surface area (Å²) in [6, 6.07) is 7.27. The number of nitrogens with two attached hydrogens (primary N) is 2. The summed E-state index contributed by atoms with van der Waals surface area (Å²) in [4.78, 5) is 11.6. The summed E-state index contributed by atoms with van der Waals surface area (Å²) < 4.78 is 10.5. The molecule has 0 aromatic heterocycles. The molecule has 1 atom stereocenters. The topological polar surface area (TPSA) is 108 Å². The Labute approximate surface area is 131 Å². The molecule has 5 N–H and O–H groups in total. The van der Waals surface area contributed by atoms with Crippen LogP contribution in [0.25, 0.3) is 0 Å². The van der Waals surface area contributed by atoms with Crippen molar-refractivity contribution >= 4 is 5.97 Å². The minimum absolute atomic E-state index is 0.112. The number of aliphatic hydroxyl groups excluding tert-OH is 1. The number of ether oxygens (including phenoxy) is 2. The van der Waals surface area contributed by atoms with Gasteiger partial charge in [0, 0.05) is 19.0 Å². The summed E-state index contributed by atoms with van der Waals surface area (Å²) in [6.45, 7) is 6.01. The second-order valence-corrected chi connectivity index (χ2v) is 6.10. The highest BCUT2D eigenvalue weighted by atomic mass is 16.6. The van der Waals surface area contributed by atoms with Crippen LogP contribution in [-0.4, -0.2) is 42.5 Å². The predicted molar refractivity (Wildman–Crippen MR) is 84.6 cm³/mol. The van der Waals surface area contributed by atoms with E-state index in [9.17, 15) is 9.90 Å². The summed E-state index contributed by atoms with van der Waals surface area (Å²) in [5.41, 5.74) is 11.7. The Kier molecular flexibility index (Phi) is 6.80. The lowest BCUT2D eigenvalue weighted by molar-refractivity contribution is -0.166. The van der Waals surface area contributed by atoms with Gasteiger partial charge in [0.1, 0.15) is 18.0 Å². The van der Waals surface area contributed by atoms with Crippen molar-refractivity contribution in [1.82, 2.24) is 0 Å². The molecule has 0 bridgehead atoms. The minimum Gasteiger partial charge on any atom is -0.490 e. The average Bonchev–Trinajstić information content (AvgIpc) is 2.45. The van der Waals surface area contributed by atoms with Gasteiger partial charge in [0.15, 0.2) is 6.10 Å². The smallest absolute Gasteiger partial charge is 0.339 e. The van der Waals surface area contributed by atoms with Crippen LogP contribution in [0.1, 0.15) is 32.3 Å². The molecule has 0 radical (unpaired) electrons. The molecule has 0 fully saturated rings. The van der Waals surface area contributed by atoms with E-state index < -0.39 is 17.7 Å². The fourth-order valence-corrected chi connectivity index (χ4v) is 1.82. The SMILES string of the molecule is CC(C)(C)OC(=O)[C@H](O)COc1ccc(C(CN)CN)cc1. The zero-order chi connectivity index (χ0) is 16.8. The van der Waals surface area contributed by atoms with Gasteiger partial charge in [-0.3, -0.25) is 0 Å². The van der Waals surface area contributed by atoms with E-state index >= 15 is 0 Å². The van der Waals surface area contributed by atoms with Crippen LogP contribution in [-0.2, 0) is 9.53 Å². The Balaban J connectivity index is 2.53. The van der Waals surface area contributed by atoms with Gasteiger partial charge in [-0.1, -0.05) is 12.1 Å². The highest BCUT2D eigenvalue weighted by molar-refractivity contribution is 5.74. The van der Waals surface area contributed by atoms with Gasteiger partial charge in [0.25, 0.3) is 0 Å². The summed E-state index contributed by atoms with van der Waals surface area (Å²) in [6.07, 6.45) is -1.32. The highest BCUT2D eigenvalue weighted by Crippen LogP contribution is 2.18. The van der Waals surface area contributed by atoms with Crippen molar-refractivity contribution in [1.29, 1.82) is 0 Å². The van der Waals surface area contributed by atoms with Crippen molar-refractivity contribution in [3.63, 3.8) is 0 Å². The molecule has 124 valence electrons. The van der Waals surface area contributed by atoms with Crippen LogP contribution in [0.3, 0.4) is 0 Å². The predicted octanol–water partition coefficient (Wildman–Crippen LogP) is 0.769. The number of aliphatic hydroxyl groups is 1. The standard InChI is InChI=1S/C16H26N2O4/c1-16(2,3)22-15(20)14(19)10-21-13-6-4-11(5-7-13)12(8-17)9-18/h4-7,12,14,19H,8-10,17-18H2,1-3H3/t14-/m1/s1. The molecule has 6 nitrogen and oxygen atoms in total. The third kappa shape index (κ3) is 6.01. The second-order valence-electron chi connectivity index (χ2n) is 6.10. The van der Waals surface area contributed by atoms with Crippen molar-refractivity contribution in [3.05, 3.63) is 29.8 Å². The highest BCUT2D eigenvalue weighted by Gasteiger charge is 2.23. The van der Waals surface area contributed by atoms with Gasteiger partial charge >= 0.3 is 5.97 Å². The maximum absolute atomic E-state index is 11.6. The molecule has 0 saturated heterocycles. The Hall–Kier alpha value is -1.63. The van der Waals surface area contributed by atoms with Gasteiger partial charge in [-0.15, -0.1) is 0 Å². The van der Waals surface area contributed by atoms with E-state index in [0.717, 1.165) is 5.56 Å². The summed E-state index contributed by atoms with van der Waals surface area (Å²) in [5, 5.41) is 9.73. The van der Waals surface area contributed by atoms with E-state index in [0.29, 0.717) is 18.8 Å². The van der Waals surface area contributed by atoms with E-state index in [1.807, 2.05) is 12.1 Å². The maximum atomic E-state index is 11.6. The van der Waals surface area contributed by atoms with Gasteiger partial charge in [-0.25, -0.2) is 4.79 Å². The average molecular weight is 310 g/mol. The van der Waals surface area contributed by atoms with E-state index in [2.05, 4.69) is 0 Å². The van der Waals surface area contributed by atoms with Gasteiger partial charge < -0.3 is 26.0 Å². The second kappa shape index (κ2) is 8.12. The molecule has 0 saturated carbocycles. The number of hydrogen-bond acceptors (Lipinski definition) is 6. The lowest BCUT2D eigenvalue weighted by atomic mass is 9.99. The molecule has 6 heteroatoms. The number of benzene rings is 1. The number of carbonyl (C=O) groups is 1. The van der Waals surface area contributed by atoms with Crippen LogP contribution in [0, 0.1) is 0 Å². The molecule has 0 aliphatic rings. The first-order valence-electron chi connectivity index (χ1n) is 7.30. The molecule has 1 rings (SSSR count). The summed E-state index contributed by atoms with van der Waals surface area (Å²) in [5.74, 6) is -0.0315. The van der Waals surface area contributed by atoms with Crippen molar-refractivity contribution in [2.24, 2.45) is 11.5 Å². The molecule has 0 spiro atoms. The molecule has 0 unspecified atom stereocenters. The monoisotopic (exact) mass is 310 g/mol. The van der Waals surface area contributed by atoms with E-state index in [-0.39, 0.29) is 12.5 Å². The molecule has 22 heavy (non-hydrogen) atoms. The number of rotatable bonds is 7. The zero-order valence-corrected chi connectivity index (χ0v) is 13.4. The van der Waals surface area contributed by atoms with Gasteiger partial charge in [0.05, 0.1) is 0 Å². The number of hydrogen-bond donors (Lipinski definition) is 3. The Morgan fingerprint density at radius 1 is 1.18 bits per heavy atom. The van der Waals surface area contributed by atoms with E-state index in [1.165, 1.54) is 0 Å². The molecule has 0 amide bonds. The van der Waals surface area contributed by atoms with Crippen molar-refractivity contribution in [2.75, 3.05) is 19.7 Å². The van der Waals surface area contributed by atoms with Crippen molar-refractivity contribution in [2.45, 2.75) is 38.4 Å². The van der Waals surface area contributed by atoms with Crippen LogP contribution >= 0.6 is 0 Å². The molecule has 1 aromatic rings. The van der Waals surface area contributed by atoms with Gasteiger partial charge in [-0.05, 0) is 38.5 Å². The third-order valence-electron chi connectivity index (χ3n) is 3.01. The fourth-order valence-electron chi connectivity index (χ4n) is 1.82. The first-order valence-corrected chi connectivity index (χ1v) is 7.30. The molecule has 0 aliphatic carbocycles. The van der Waals surface area contributed by atoms with E-state index in [4.69, 9.17) is 20.9 Å². The van der Waals surface area contributed by atoms with Crippen LogP contribution in [0.4, 0.5) is 0 Å². The van der Waals surface area contributed by atoms with E-state index in [1.54, 1.807) is 32.9 Å². The molecule has 1 aromatic carbocycles. The molecular formula is C16H26N2O4. The number of carbonyl (C=O) groups excluding carboxylic acids is 1. The van der Waals surface area contributed by atoms with Crippen molar-refractivity contribution in [3.8, 4) is 5.75 Å². The minimum atomic E-state index is -1.32. The zero-order valence-electron chi connectivity index (χ0n) is 13.4. The van der Waals surface area contributed by atoms with Crippen molar-refractivity contribution < 1.29 is 19.4 Å². The Morgan fingerprint density at radius 3 is 2.18 bits per heavy atom. The van der Waals surface area contributed by atoms with Gasteiger partial charge in [-0.2, -0.15) is 0 Å². The third-order valence-corrected chi connectivity index (χ3v) is 3.01. The maximum Gasteiger partial charge on any atom is 0.339 e. The van der Waals surface area contributed by atoms with Crippen LogP contribution < -0.4 is 16.2 Å².